The van der Waals surface area contributed by atoms with E-state index in [4.69, 9.17) is 4.74 Å². The zero-order valence-corrected chi connectivity index (χ0v) is 18.0. The zero-order chi connectivity index (χ0) is 20.8. The highest BCUT2D eigenvalue weighted by Gasteiger charge is 2.42. The third-order valence-corrected chi connectivity index (χ3v) is 7.48. The number of benzene rings is 1. The van der Waals surface area contributed by atoms with Crippen molar-refractivity contribution < 1.29 is 17.5 Å². The van der Waals surface area contributed by atoms with E-state index in [0.29, 0.717) is 45.1 Å². The van der Waals surface area contributed by atoms with Gasteiger partial charge in [0.15, 0.2) is 15.8 Å². The molecule has 158 valence electrons. The summed E-state index contributed by atoms with van der Waals surface area (Å²) in [5.41, 5.74) is 0.501. The molecule has 1 aliphatic heterocycles. The highest BCUT2D eigenvalue weighted by molar-refractivity contribution is 7.92. The van der Waals surface area contributed by atoms with Crippen LogP contribution in [0.4, 0.5) is 4.39 Å². The summed E-state index contributed by atoms with van der Waals surface area (Å²) in [6, 6.07) is 6.53. The van der Waals surface area contributed by atoms with E-state index in [0.717, 1.165) is 5.56 Å². The van der Waals surface area contributed by atoms with Crippen LogP contribution >= 0.6 is 0 Å². The van der Waals surface area contributed by atoms with Crippen LogP contribution in [-0.4, -0.2) is 58.2 Å². The molecular formula is C20H32FN3O3S. The molecule has 1 fully saturated rings. The minimum Gasteiger partial charge on any atom is -0.381 e. The fraction of sp³-hybridized carbons (Fsp3) is 0.650. The first-order valence-electron chi connectivity index (χ1n) is 9.65. The zero-order valence-electron chi connectivity index (χ0n) is 17.2. The number of nitrogens with zero attached hydrogens (tertiary/aromatic N) is 1. The van der Waals surface area contributed by atoms with Gasteiger partial charge in [-0.25, -0.2) is 12.8 Å². The minimum absolute atomic E-state index is 0.269. The van der Waals surface area contributed by atoms with E-state index >= 15 is 0 Å². The molecule has 0 bridgehead atoms. The minimum atomic E-state index is -3.26. The second kappa shape index (κ2) is 9.22. The molecule has 0 radical (unpaired) electrons. The van der Waals surface area contributed by atoms with Gasteiger partial charge >= 0.3 is 0 Å². The maximum absolute atomic E-state index is 13.6. The van der Waals surface area contributed by atoms with Crippen LogP contribution in [0, 0.1) is 5.82 Å². The molecule has 2 rings (SSSR count). The standard InChI is InChI=1S/C20H32FN3O3S/c1-5-22-18(23-14-19(2,3)16-7-6-8-17(21)13-16)24-15-20(28(4,25)26)9-11-27-12-10-20/h6-8,13H,5,9-12,14-15H2,1-4H3,(H2,22,23,24). The number of hydrogen-bond acceptors (Lipinski definition) is 4. The Bertz CT molecular complexity index is 788. The van der Waals surface area contributed by atoms with Crippen molar-refractivity contribution in [1.82, 2.24) is 10.6 Å². The lowest BCUT2D eigenvalue weighted by atomic mass is 9.85. The largest absolute Gasteiger partial charge is 0.381 e. The lowest BCUT2D eigenvalue weighted by Crippen LogP contribution is -2.53. The normalized spacial score (nSPS) is 18.0. The molecule has 1 aromatic carbocycles. The lowest BCUT2D eigenvalue weighted by molar-refractivity contribution is 0.0756. The van der Waals surface area contributed by atoms with Crippen molar-refractivity contribution in [3.05, 3.63) is 35.6 Å². The van der Waals surface area contributed by atoms with E-state index in [1.165, 1.54) is 18.4 Å². The second-order valence-corrected chi connectivity index (χ2v) is 10.4. The molecular weight excluding hydrogens is 381 g/mol. The van der Waals surface area contributed by atoms with Crippen LogP contribution in [0.2, 0.25) is 0 Å². The molecule has 8 heteroatoms. The van der Waals surface area contributed by atoms with Gasteiger partial charge in [0.1, 0.15) is 5.82 Å². The topological polar surface area (TPSA) is 79.8 Å². The summed E-state index contributed by atoms with van der Waals surface area (Å²) >= 11 is 0. The first kappa shape index (κ1) is 22.6. The van der Waals surface area contributed by atoms with Crippen LogP contribution in [0.5, 0.6) is 0 Å². The molecule has 0 atom stereocenters. The average molecular weight is 414 g/mol. The summed E-state index contributed by atoms with van der Waals surface area (Å²) in [5, 5.41) is 6.37. The first-order chi connectivity index (χ1) is 13.1. The Morgan fingerprint density at radius 3 is 2.54 bits per heavy atom. The maximum Gasteiger partial charge on any atom is 0.191 e. The molecule has 1 saturated heterocycles. The van der Waals surface area contributed by atoms with E-state index in [-0.39, 0.29) is 17.8 Å². The summed E-state index contributed by atoms with van der Waals surface area (Å²) in [6.45, 7) is 8.21. The number of ether oxygens (including phenoxy) is 1. The van der Waals surface area contributed by atoms with Crippen molar-refractivity contribution in [3.63, 3.8) is 0 Å². The van der Waals surface area contributed by atoms with Gasteiger partial charge in [-0.2, -0.15) is 0 Å². The van der Waals surface area contributed by atoms with E-state index in [9.17, 15) is 12.8 Å². The Morgan fingerprint density at radius 1 is 1.29 bits per heavy atom. The molecule has 1 heterocycles. The van der Waals surface area contributed by atoms with Crippen LogP contribution in [0.25, 0.3) is 0 Å². The van der Waals surface area contributed by atoms with Gasteiger partial charge in [0.05, 0.1) is 11.3 Å². The Kier molecular flexibility index (Phi) is 7.45. The molecule has 2 N–H and O–H groups in total. The molecule has 6 nitrogen and oxygen atoms in total. The van der Waals surface area contributed by atoms with Crippen molar-refractivity contribution in [1.29, 1.82) is 0 Å². The van der Waals surface area contributed by atoms with Gasteiger partial charge in [-0.05, 0) is 37.5 Å². The fourth-order valence-corrected chi connectivity index (χ4v) is 4.53. The number of sulfone groups is 1. The predicted octanol–water partition coefficient (Wildman–Crippen LogP) is 2.25. The van der Waals surface area contributed by atoms with E-state index in [2.05, 4.69) is 15.6 Å². The van der Waals surface area contributed by atoms with Crippen LogP contribution in [0.3, 0.4) is 0 Å². The summed E-state index contributed by atoms with van der Waals surface area (Å²) in [6.07, 6.45) is 2.22. The van der Waals surface area contributed by atoms with E-state index in [1.807, 2.05) is 26.8 Å². The van der Waals surface area contributed by atoms with Gasteiger partial charge in [0.25, 0.3) is 0 Å². The van der Waals surface area contributed by atoms with Gasteiger partial charge in [-0.15, -0.1) is 0 Å². The SMILES string of the molecule is CCNC(=NCC(C)(C)c1cccc(F)c1)NCC1(S(C)(=O)=O)CCOCC1. The highest BCUT2D eigenvalue weighted by atomic mass is 32.2. The molecule has 0 aromatic heterocycles. The Labute approximate surface area is 167 Å². The molecule has 1 aliphatic rings. The Hall–Kier alpha value is -1.67. The van der Waals surface area contributed by atoms with E-state index in [1.54, 1.807) is 6.07 Å². The second-order valence-electron chi connectivity index (χ2n) is 8.01. The van der Waals surface area contributed by atoms with Gasteiger partial charge in [0.2, 0.25) is 0 Å². The quantitative estimate of drug-likeness (QED) is 0.529. The maximum atomic E-state index is 13.6. The molecule has 0 unspecified atom stereocenters. The fourth-order valence-electron chi connectivity index (χ4n) is 3.29. The number of hydrogen-bond donors (Lipinski definition) is 2. The first-order valence-corrected chi connectivity index (χ1v) is 11.5. The molecule has 28 heavy (non-hydrogen) atoms. The van der Waals surface area contributed by atoms with Gasteiger partial charge < -0.3 is 15.4 Å². The highest BCUT2D eigenvalue weighted by Crippen LogP contribution is 2.28. The predicted molar refractivity (Wildman–Crippen MR) is 111 cm³/mol. The van der Waals surface area contributed by atoms with Crippen molar-refractivity contribution >= 4 is 15.8 Å². The average Bonchev–Trinajstić information content (AvgIpc) is 2.64. The molecule has 0 spiro atoms. The number of rotatable bonds is 7. The molecule has 1 aromatic rings. The van der Waals surface area contributed by atoms with Crippen LogP contribution in [-0.2, 0) is 20.0 Å². The van der Waals surface area contributed by atoms with Gasteiger partial charge in [0, 0.05) is 38.0 Å². The molecule has 0 amide bonds. The number of nitrogens with one attached hydrogen (secondary N) is 2. The Balaban J connectivity index is 2.13. The van der Waals surface area contributed by atoms with Crippen molar-refractivity contribution in [3.8, 4) is 0 Å². The third kappa shape index (κ3) is 5.67. The summed E-state index contributed by atoms with van der Waals surface area (Å²) in [4.78, 5) is 4.63. The lowest BCUT2D eigenvalue weighted by Gasteiger charge is -2.36. The monoisotopic (exact) mass is 413 g/mol. The van der Waals surface area contributed by atoms with Crippen LogP contribution in [0.1, 0.15) is 39.2 Å². The van der Waals surface area contributed by atoms with Crippen molar-refractivity contribution in [2.45, 2.75) is 43.8 Å². The number of guanidine groups is 1. The van der Waals surface area contributed by atoms with Gasteiger partial charge in [-0.1, -0.05) is 26.0 Å². The number of aliphatic imine (C=N–C) groups is 1. The van der Waals surface area contributed by atoms with Gasteiger partial charge in [-0.3, -0.25) is 4.99 Å². The number of halogens is 1. The smallest absolute Gasteiger partial charge is 0.191 e. The third-order valence-electron chi connectivity index (χ3n) is 5.35. The van der Waals surface area contributed by atoms with E-state index < -0.39 is 14.6 Å². The van der Waals surface area contributed by atoms with Crippen LogP contribution in [0.15, 0.2) is 29.3 Å². The van der Waals surface area contributed by atoms with Crippen LogP contribution < -0.4 is 10.6 Å². The van der Waals surface area contributed by atoms with Crippen molar-refractivity contribution in [2.75, 3.05) is 39.1 Å². The molecule has 0 aliphatic carbocycles. The molecule has 0 saturated carbocycles. The summed E-state index contributed by atoms with van der Waals surface area (Å²) < 4.78 is 42.9. The Morgan fingerprint density at radius 2 is 1.96 bits per heavy atom. The summed E-state index contributed by atoms with van der Waals surface area (Å²) in [5.74, 6) is 0.288. The summed E-state index contributed by atoms with van der Waals surface area (Å²) in [7, 11) is -3.26. The van der Waals surface area contributed by atoms with Crippen molar-refractivity contribution in [2.24, 2.45) is 4.99 Å².